The Morgan fingerprint density at radius 3 is 2.65 bits per heavy atom. The predicted octanol–water partition coefficient (Wildman–Crippen LogP) is 2.73. The molecule has 4 nitrogen and oxygen atoms in total. The summed E-state index contributed by atoms with van der Waals surface area (Å²) in [6.07, 6.45) is -0.458. The van der Waals surface area contributed by atoms with E-state index in [9.17, 15) is 9.90 Å². The van der Waals surface area contributed by atoms with E-state index in [1.54, 1.807) is 18.2 Å². The normalized spacial score (nSPS) is 11.1. The number of alkyl carbamates (subject to hydrolysis) is 1. The Bertz CT molecular complexity index is 408. The number of nitrogens with one attached hydrogen (secondary N) is 1. The van der Waals surface area contributed by atoms with Gasteiger partial charge in [0, 0.05) is 6.54 Å². The van der Waals surface area contributed by atoms with Crippen LogP contribution in [0.15, 0.2) is 18.2 Å². The third-order valence-corrected chi connectivity index (χ3v) is 2.15. The summed E-state index contributed by atoms with van der Waals surface area (Å²) in [5.74, 6) is 0.191. The molecule has 1 rings (SSSR count). The minimum Gasteiger partial charge on any atom is -0.508 e. The van der Waals surface area contributed by atoms with Crippen molar-refractivity contribution in [3.8, 4) is 5.75 Å². The molecule has 4 heteroatoms. The molecular weight excluding hydrogens is 218 g/mol. The summed E-state index contributed by atoms with van der Waals surface area (Å²) in [7, 11) is 0. The van der Waals surface area contributed by atoms with Gasteiger partial charge in [0.15, 0.2) is 0 Å². The molecule has 0 aliphatic heterocycles. The number of aryl methyl sites for hydroxylation is 1. The fourth-order valence-corrected chi connectivity index (χ4v) is 1.33. The van der Waals surface area contributed by atoms with E-state index in [-0.39, 0.29) is 5.75 Å². The fraction of sp³-hybridized carbons (Fsp3) is 0.462. The number of benzene rings is 1. The summed E-state index contributed by atoms with van der Waals surface area (Å²) < 4.78 is 5.12. The lowest BCUT2D eigenvalue weighted by atomic mass is 10.1. The van der Waals surface area contributed by atoms with Gasteiger partial charge in [-0.05, 0) is 51.0 Å². The van der Waals surface area contributed by atoms with E-state index in [2.05, 4.69) is 5.32 Å². The van der Waals surface area contributed by atoms with Gasteiger partial charge in [-0.15, -0.1) is 0 Å². The number of aromatic hydroxyl groups is 1. The van der Waals surface area contributed by atoms with Crippen LogP contribution in [0.2, 0.25) is 0 Å². The first-order valence-electron chi connectivity index (χ1n) is 5.53. The number of phenols is 1. The summed E-state index contributed by atoms with van der Waals surface area (Å²) in [4.78, 5) is 11.4. The fourth-order valence-electron chi connectivity index (χ4n) is 1.33. The molecule has 2 N–H and O–H groups in total. The largest absolute Gasteiger partial charge is 0.508 e. The summed E-state index contributed by atoms with van der Waals surface area (Å²) >= 11 is 0. The number of ether oxygens (including phenoxy) is 1. The van der Waals surface area contributed by atoms with Crippen molar-refractivity contribution in [2.45, 2.75) is 39.8 Å². The van der Waals surface area contributed by atoms with Gasteiger partial charge < -0.3 is 15.2 Å². The Hall–Kier alpha value is -1.71. The van der Waals surface area contributed by atoms with E-state index in [4.69, 9.17) is 4.74 Å². The maximum absolute atomic E-state index is 11.4. The standard InChI is InChI=1S/C13H19NO3/c1-9-5-6-11(15)7-10(9)8-14-12(16)17-13(2,3)4/h5-7,15H,8H2,1-4H3,(H,14,16). The molecule has 0 aliphatic carbocycles. The Labute approximate surface area is 102 Å². The van der Waals surface area contributed by atoms with Crippen LogP contribution < -0.4 is 5.32 Å². The molecule has 1 amide bonds. The first-order chi connectivity index (χ1) is 7.78. The third-order valence-electron chi connectivity index (χ3n) is 2.15. The number of amides is 1. The molecule has 0 aliphatic rings. The molecule has 0 saturated heterocycles. The first-order valence-corrected chi connectivity index (χ1v) is 5.53. The van der Waals surface area contributed by atoms with Gasteiger partial charge in [-0.3, -0.25) is 0 Å². The molecule has 0 unspecified atom stereocenters. The maximum Gasteiger partial charge on any atom is 0.407 e. The molecule has 0 spiro atoms. The molecule has 0 aromatic heterocycles. The monoisotopic (exact) mass is 237 g/mol. The van der Waals surface area contributed by atoms with Crippen LogP contribution in [0.1, 0.15) is 31.9 Å². The maximum atomic E-state index is 11.4. The topological polar surface area (TPSA) is 58.6 Å². The van der Waals surface area contributed by atoms with Crippen LogP contribution >= 0.6 is 0 Å². The summed E-state index contributed by atoms with van der Waals surface area (Å²) in [6.45, 7) is 7.70. The minimum absolute atomic E-state index is 0.191. The van der Waals surface area contributed by atoms with Crippen LogP contribution in [0, 0.1) is 6.92 Å². The summed E-state index contributed by atoms with van der Waals surface area (Å²) in [5, 5.41) is 12.0. The zero-order valence-corrected chi connectivity index (χ0v) is 10.7. The van der Waals surface area contributed by atoms with Crippen molar-refractivity contribution in [3.63, 3.8) is 0 Å². The Kier molecular flexibility index (Phi) is 3.99. The van der Waals surface area contributed by atoms with E-state index >= 15 is 0 Å². The molecule has 0 heterocycles. The number of hydrogen-bond donors (Lipinski definition) is 2. The van der Waals surface area contributed by atoms with Crippen LogP contribution in [0.25, 0.3) is 0 Å². The van der Waals surface area contributed by atoms with Crippen LogP contribution in [-0.4, -0.2) is 16.8 Å². The highest BCUT2D eigenvalue weighted by atomic mass is 16.6. The summed E-state index contributed by atoms with van der Waals surface area (Å²) in [6, 6.07) is 5.06. The molecule has 1 aromatic rings. The number of carbonyl (C=O) groups excluding carboxylic acids is 1. The smallest absolute Gasteiger partial charge is 0.407 e. The van der Waals surface area contributed by atoms with Crippen molar-refractivity contribution in [2.75, 3.05) is 0 Å². The molecule has 0 atom stereocenters. The third kappa shape index (κ3) is 4.76. The second-order valence-electron chi connectivity index (χ2n) is 4.97. The molecular formula is C13H19NO3. The van der Waals surface area contributed by atoms with Gasteiger partial charge in [0.2, 0.25) is 0 Å². The average Bonchev–Trinajstić information content (AvgIpc) is 2.17. The molecule has 0 bridgehead atoms. The predicted molar refractivity (Wildman–Crippen MR) is 65.9 cm³/mol. The zero-order valence-electron chi connectivity index (χ0n) is 10.7. The molecule has 0 saturated carbocycles. The van der Waals surface area contributed by atoms with Crippen LogP contribution in [0.3, 0.4) is 0 Å². The lowest BCUT2D eigenvalue weighted by molar-refractivity contribution is 0.0523. The van der Waals surface area contributed by atoms with E-state index in [0.29, 0.717) is 6.54 Å². The van der Waals surface area contributed by atoms with Gasteiger partial charge in [0.25, 0.3) is 0 Å². The van der Waals surface area contributed by atoms with Gasteiger partial charge in [0.05, 0.1) is 0 Å². The van der Waals surface area contributed by atoms with Gasteiger partial charge in [0.1, 0.15) is 11.4 Å². The van der Waals surface area contributed by atoms with Crippen molar-refractivity contribution in [1.82, 2.24) is 5.32 Å². The van der Waals surface area contributed by atoms with Gasteiger partial charge in [-0.1, -0.05) is 6.07 Å². The van der Waals surface area contributed by atoms with Crippen molar-refractivity contribution < 1.29 is 14.6 Å². The van der Waals surface area contributed by atoms with Crippen molar-refractivity contribution >= 4 is 6.09 Å². The molecule has 0 radical (unpaired) electrons. The van der Waals surface area contributed by atoms with E-state index in [1.165, 1.54) is 0 Å². The second-order valence-corrected chi connectivity index (χ2v) is 4.97. The van der Waals surface area contributed by atoms with Crippen LogP contribution in [-0.2, 0) is 11.3 Å². The minimum atomic E-state index is -0.502. The van der Waals surface area contributed by atoms with Crippen molar-refractivity contribution in [2.24, 2.45) is 0 Å². The summed E-state index contributed by atoms with van der Waals surface area (Å²) in [5.41, 5.74) is 1.38. The van der Waals surface area contributed by atoms with Crippen LogP contribution in [0.4, 0.5) is 4.79 Å². The van der Waals surface area contributed by atoms with E-state index in [0.717, 1.165) is 11.1 Å². The second kappa shape index (κ2) is 5.08. The average molecular weight is 237 g/mol. The van der Waals surface area contributed by atoms with Crippen molar-refractivity contribution in [3.05, 3.63) is 29.3 Å². The molecule has 94 valence electrons. The number of carbonyl (C=O) groups is 1. The van der Waals surface area contributed by atoms with E-state index < -0.39 is 11.7 Å². The molecule has 0 fully saturated rings. The highest BCUT2D eigenvalue weighted by molar-refractivity contribution is 5.67. The first kappa shape index (κ1) is 13.4. The zero-order chi connectivity index (χ0) is 13.1. The highest BCUT2D eigenvalue weighted by Gasteiger charge is 2.15. The Morgan fingerprint density at radius 2 is 2.06 bits per heavy atom. The Balaban J connectivity index is 2.56. The van der Waals surface area contributed by atoms with Crippen LogP contribution in [0.5, 0.6) is 5.75 Å². The lowest BCUT2D eigenvalue weighted by Gasteiger charge is -2.20. The van der Waals surface area contributed by atoms with Gasteiger partial charge >= 0.3 is 6.09 Å². The van der Waals surface area contributed by atoms with Gasteiger partial charge in [-0.25, -0.2) is 4.79 Å². The molecule has 17 heavy (non-hydrogen) atoms. The number of rotatable bonds is 2. The SMILES string of the molecule is Cc1ccc(O)cc1CNC(=O)OC(C)(C)C. The van der Waals surface area contributed by atoms with Crippen molar-refractivity contribution in [1.29, 1.82) is 0 Å². The number of phenolic OH excluding ortho intramolecular Hbond substituents is 1. The lowest BCUT2D eigenvalue weighted by Crippen LogP contribution is -2.32. The molecule has 1 aromatic carbocycles. The quantitative estimate of drug-likeness (QED) is 0.831. The van der Waals surface area contributed by atoms with Gasteiger partial charge in [-0.2, -0.15) is 0 Å². The van der Waals surface area contributed by atoms with E-state index in [1.807, 2.05) is 27.7 Å². The highest BCUT2D eigenvalue weighted by Crippen LogP contribution is 2.15. The Morgan fingerprint density at radius 1 is 1.41 bits per heavy atom. The number of hydrogen-bond acceptors (Lipinski definition) is 3.